The van der Waals surface area contributed by atoms with E-state index in [1.54, 1.807) is 39.8 Å². The number of rotatable bonds is 6. The summed E-state index contributed by atoms with van der Waals surface area (Å²) in [5, 5.41) is 14.4. The molecule has 242 valence electrons. The topological polar surface area (TPSA) is 150 Å². The van der Waals surface area contributed by atoms with Crippen LogP contribution in [0.4, 0.5) is 4.79 Å². The molecule has 0 spiro atoms. The number of aromatic hydroxyl groups is 1. The van der Waals surface area contributed by atoms with Crippen molar-refractivity contribution in [3.8, 4) is 28.7 Å². The van der Waals surface area contributed by atoms with E-state index in [0.717, 1.165) is 5.56 Å². The van der Waals surface area contributed by atoms with Crippen molar-refractivity contribution < 1.29 is 46.2 Å². The Morgan fingerprint density at radius 1 is 1.11 bits per heavy atom. The van der Waals surface area contributed by atoms with Crippen LogP contribution in [0.2, 0.25) is 0 Å². The maximum atomic E-state index is 13.6. The summed E-state index contributed by atoms with van der Waals surface area (Å²) in [4.78, 5) is 28.5. The van der Waals surface area contributed by atoms with Gasteiger partial charge < -0.3 is 33.6 Å². The SMILES string of the molecule is COc1c(C)cc2c(c1O)[C@@H]1C(=Cc3cc4c(c(C)c3OS(=O)(=O)c3ccc(C)cc3)OCO4)NC(=O)[C@H](C2)N1C(=O)OC(C)C. The normalized spacial score (nSPS) is 19.2. The third kappa shape index (κ3) is 5.23. The van der Waals surface area contributed by atoms with E-state index in [9.17, 15) is 23.1 Å². The smallest absolute Gasteiger partial charge is 0.411 e. The maximum Gasteiger partial charge on any atom is 0.411 e. The molecule has 12 nitrogen and oxygen atoms in total. The molecule has 13 heteroatoms. The minimum absolute atomic E-state index is 0.0567. The van der Waals surface area contributed by atoms with Crippen molar-refractivity contribution in [1.29, 1.82) is 0 Å². The van der Waals surface area contributed by atoms with E-state index in [0.29, 0.717) is 33.8 Å². The molecule has 1 fully saturated rings. The Bertz CT molecular complexity index is 1900. The first-order valence-corrected chi connectivity index (χ1v) is 16.1. The van der Waals surface area contributed by atoms with Crippen molar-refractivity contribution in [2.24, 2.45) is 0 Å². The number of methoxy groups -OCH3 is 1. The van der Waals surface area contributed by atoms with E-state index < -0.39 is 40.3 Å². The van der Waals surface area contributed by atoms with Crippen molar-refractivity contribution >= 4 is 28.2 Å². The number of piperazine rings is 1. The maximum absolute atomic E-state index is 13.6. The standard InChI is InChI=1S/C33H34N2O10S/c1-16(2)44-33(38)35-24-13-20-11-18(4)29(41-6)28(36)26(20)27(35)23(34-32(24)37)12-21-14-25-31(43-15-42-25)19(5)30(21)45-46(39,40)22-9-7-17(3)8-10-22/h7-12,14,16,24,27,36H,13,15H2,1-6H3,(H,34,37)/t24-,27-/m0/s1. The number of phenolic OH excluding ortho intramolecular Hbond substituents is 1. The molecule has 0 radical (unpaired) electrons. The molecular formula is C33H34N2O10S. The highest BCUT2D eigenvalue weighted by atomic mass is 32.2. The van der Waals surface area contributed by atoms with Gasteiger partial charge in [0.15, 0.2) is 28.7 Å². The fourth-order valence-corrected chi connectivity index (χ4v) is 7.12. The Labute approximate surface area is 266 Å². The summed E-state index contributed by atoms with van der Waals surface area (Å²) in [6, 6.07) is 7.59. The second kappa shape index (κ2) is 11.5. The van der Waals surface area contributed by atoms with E-state index in [1.165, 1.54) is 36.3 Å². The lowest BCUT2D eigenvalue weighted by Gasteiger charge is -2.47. The zero-order chi connectivity index (χ0) is 33.1. The number of carbonyl (C=O) groups excluding carboxylic acids is 2. The van der Waals surface area contributed by atoms with Gasteiger partial charge in [-0.2, -0.15) is 8.42 Å². The van der Waals surface area contributed by atoms with Gasteiger partial charge in [-0.05, 0) is 70.0 Å². The largest absolute Gasteiger partial charge is 0.504 e. The first kappa shape index (κ1) is 31.1. The second-order valence-electron chi connectivity index (χ2n) is 11.7. The highest BCUT2D eigenvalue weighted by Gasteiger charge is 2.50. The van der Waals surface area contributed by atoms with Crippen LogP contribution in [0.1, 0.15) is 53.3 Å². The predicted octanol–water partition coefficient (Wildman–Crippen LogP) is 4.81. The zero-order valence-corrected chi connectivity index (χ0v) is 27.0. The van der Waals surface area contributed by atoms with Gasteiger partial charge in [-0.15, -0.1) is 0 Å². The number of nitrogens with zero attached hydrogens (tertiary/aromatic N) is 1. The van der Waals surface area contributed by atoms with Gasteiger partial charge >= 0.3 is 16.2 Å². The molecule has 2 amide bonds. The van der Waals surface area contributed by atoms with Crippen LogP contribution in [0.15, 0.2) is 47.0 Å². The third-order valence-electron chi connectivity index (χ3n) is 8.17. The number of fused-ring (bicyclic) bond motifs is 5. The van der Waals surface area contributed by atoms with E-state index in [4.69, 9.17) is 23.1 Å². The van der Waals surface area contributed by atoms with Crippen molar-refractivity contribution in [3.05, 3.63) is 75.5 Å². The first-order chi connectivity index (χ1) is 21.8. The predicted molar refractivity (Wildman–Crippen MR) is 165 cm³/mol. The minimum Gasteiger partial charge on any atom is -0.504 e. The number of hydrogen-bond donors (Lipinski definition) is 2. The lowest BCUT2D eigenvalue weighted by Crippen LogP contribution is -2.60. The molecular weight excluding hydrogens is 616 g/mol. The summed E-state index contributed by atoms with van der Waals surface area (Å²) < 4.78 is 55.0. The van der Waals surface area contributed by atoms with Gasteiger partial charge in [0.1, 0.15) is 17.0 Å². The number of ether oxygens (including phenoxy) is 4. The molecule has 0 aromatic heterocycles. The van der Waals surface area contributed by atoms with Crippen LogP contribution in [0.3, 0.4) is 0 Å². The number of carbonyl (C=O) groups is 2. The van der Waals surface area contributed by atoms with Gasteiger partial charge in [-0.3, -0.25) is 9.69 Å². The van der Waals surface area contributed by atoms with Gasteiger partial charge in [-0.25, -0.2) is 4.79 Å². The van der Waals surface area contributed by atoms with E-state index >= 15 is 0 Å². The number of hydrogen-bond acceptors (Lipinski definition) is 10. The molecule has 6 rings (SSSR count). The average Bonchev–Trinajstić information content (AvgIpc) is 3.46. The minimum atomic E-state index is -4.32. The average molecular weight is 651 g/mol. The summed E-state index contributed by atoms with van der Waals surface area (Å²) >= 11 is 0. The van der Waals surface area contributed by atoms with Gasteiger partial charge in [0, 0.05) is 28.8 Å². The lowest BCUT2D eigenvalue weighted by molar-refractivity contribution is -0.129. The molecule has 2 N–H and O–H groups in total. The Hall–Kier alpha value is -4.91. The lowest BCUT2D eigenvalue weighted by atomic mass is 9.81. The van der Waals surface area contributed by atoms with Crippen molar-refractivity contribution in [2.45, 2.75) is 64.1 Å². The Morgan fingerprint density at radius 3 is 2.50 bits per heavy atom. The number of benzene rings is 3. The summed E-state index contributed by atoms with van der Waals surface area (Å²) in [5.74, 6) is 0.140. The number of aryl methyl sites for hydroxylation is 2. The van der Waals surface area contributed by atoms with E-state index in [1.807, 2.05) is 13.0 Å². The third-order valence-corrected chi connectivity index (χ3v) is 9.40. The fraction of sp³-hybridized carbons (Fsp3) is 0.333. The summed E-state index contributed by atoms with van der Waals surface area (Å²) in [7, 11) is -2.89. The fourth-order valence-electron chi connectivity index (χ4n) is 6.11. The van der Waals surface area contributed by atoms with Crippen molar-refractivity contribution in [1.82, 2.24) is 10.2 Å². The van der Waals surface area contributed by atoms with Gasteiger partial charge in [0.05, 0.1) is 13.2 Å². The second-order valence-corrected chi connectivity index (χ2v) is 13.2. The van der Waals surface area contributed by atoms with E-state index in [2.05, 4.69) is 5.32 Å². The molecule has 3 aromatic rings. The molecule has 3 aromatic carbocycles. The molecule has 0 saturated carbocycles. The van der Waals surface area contributed by atoms with Crippen LogP contribution in [-0.4, -0.2) is 56.5 Å². The Morgan fingerprint density at radius 2 is 1.83 bits per heavy atom. The highest BCUT2D eigenvalue weighted by molar-refractivity contribution is 7.87. The zero-order valence-electron chi connectivity index (χ0n) is 26.2. The number of phenols is 1. The van der Waals surface area contributed by atoms with Crippen LogP contribution >= 0.6 is 0 Å². The van der Waals surface area contributed by atoms with Crippen LogP contribution in [0.25, 0.3) is 6.08 Å². The molecule has 3 aliphatic heterocycles. The van der Waals surface area contributed by atoms with Crippen LogP contribution < -0.4 is 23.7 Å². The summed E-state index contributed by atoms with van der Waals surface area (Å²) in [6.45, 7) is 8.55. The molecule has 3 heterocycles. The van der Waals surface area contributed by atoms with Gasteiger partial charge in [-0.1, -0.05) is 23.8 Å². The van der Waals surface area contributed by atoms with Crippen molar-refractivity contribution in [2.75, 3.05) is 13.9 Å². The first-order valence-electron chi connectivity index (χ1n) is 14.7. The highest BCUT2D eigenvalue weighted by Crippen LogP contribution is 2.50. The van der Waals surface area contributed by atoms with Crippen LogP contribution in [0, 0.1) is 20.8 Å². The molecule has 0 aliphatic carbocycles. The van der Waals surface area contributed by atoms with Gasteiger partial charge in [0.25, 0.3) is 0 Å². The summed E-state index contributed by atoms with van der Waals surface area (Å²) in [6.07, 6.45) is 0.387. The quantitative estimate of drug-likeness (QED) is 0.356. The Balaban J connectivity index is 1.56. The van der Waals surface area contributed by atoms with Crippen molar-refractivity contribution in [3.63, 3.8) is 0 Å². The number of amides is 2. The molecule has 2 atom stereocenters. The monoisotopic (exact) mass is 650 g/mol. The molecule has 2 bridgehead atoms. The summed E-state index contributed by atoms with van der Waals surface area (Å²) in [5.41, 5.74) is 3.26. The van der Waals surface area contributed by atoms with Gasteiger partial charge in [0.2, 0.25) is 12.7 Å². The Kier molecular flexibility index (Phi) is 7.75. The molecule has 46 heavy (non-hydrogen) atoms. The van der Waals surface area contributed by atoms with Crippen LogP contribution in [-0.2, 0) is 26.1 Å². The molecule has 0 unspecified atom stereocenters. The van der Waals surface area contributed by atoms with Crippen LogP contribution in [0.5, 0.6) is 28.7 Å². The molecule has 1 saturated heterocycles. The molecule has 3 aliphatic rings. The number of nitrogens with one attached hydrogen (secondary N) is 1. The van der Waals surface area contributed by atoms with E-state index in [-0.39, 0.29) is 46.6 Å².